The van der Waals surface area contributed by atoms with Gasteiger partial charge >= 0.3 is 12.2 Å². The first-order valence-corrected chi connectivity index (χ1v) is 7.09. The van der Waals surface area contributed by atoms with E-state index < -0.39 is 11.7 Å². The summed E-state index contributed by atoms with van der Waals surface area (Å²) in [7, 11) is 1.53. The van der Waals surface area contributed by atoms with Gasteiger partial charge in [-0.3, -0.25) is 0 Å². The zero-order chi connectivity index (χ0) is 17.2. The highest BCUT2D eigenvalue weighted by atomic mass is 19.4. The summed E-state index contributed by atoms with van der Waals surface area (Å²) in [6.45, 7) is 5.38. The highest BCUT2D eigenvalue weighted by Crippen LogP contribution is 2.37. The van der Waals surface area contributed by atoms with Gasteiger partial charge in [0.15, 0.2) is 5.82 Å². The second kappa shape index (κ2) is 6.44. The van der Waals surface area contributed by atoms with Crippen molar-refractivity contribution >= 4 is 11.5 Å². The van der Waals surface area contributed by atoms with Crippen LogP contribution in [0.15, 0.2) is 30.5 Å². The molecule has 2 rings (SSSR count). The van der Waals surface area contributed by atoms with Crippen LogP contribution in [0.1, 0.15) is 25.0 Å². The molecule has 0 saturated carbocycles. The van der Waals surface area contributed by atoms with E-state index in [0.29, 0.717) is 5.69 Å². The molecule has 1 aromatic carbocycles. The van der Waals surface area contributed by atoms with Crippen LogP contribution >= 0.6 is 0 Å². The molecule has 0 bridgehead atoms. The number of rotatable bonds is 4. The van der Waals surface area contributed by atoms with Gasteiger partial charge in [0.2, 0.25) is 0 Å². The molecule has 2 aromatic rings. The lowest BCUT2D eigenvalue weighted by Crippen LogP contribution is -2.20. The molecule has 0 saturated heterocycles. The molecular weight excluding hydrogens is 307 g/mol. The van der Waals surface area contributed by atoms with Crippen molar-refractivity contribution in [1.29, 1.82) is 0 Å². The Balaban J connectivity index is 2.52. The Labute approximate surface area is 132 Å². The Morgan fingerprint density at radius 1 is 1.22 bits per heavy atom. The van der Waals surface area contributed by atoms with E-state index in [1.54, 1.807) is 32.0 Å². The summed E-state index contributed by atoms with van der Waals surface area (Å²) in [6.07, 6.45) is -4.03. The van der Waals surface area contributed by atoms with Gasteiger partial charge in [-0.2, -0.15) is 18.2 Å². The quantitative estimate of drug-likeness (QED) is 0.837. The lowest BCUT2D eigenvalue weighted by molar-refractivity contribution is -0.137. The van der Waals surface area contributed by atoms with Gasteiger partial charge in [-0.15, -0.1) is 0 Å². The zero-order valence-electron chi connectivity index (χ0n) is 13.3. The van der Waals surface area contributed by atoms with Crippen molar-refractivity contribution < 1.29 is 17.9 Å². The highest BCUT2D eigenvalue weighted by Gasteiger charge is 2.36. The molecule has 0 aliphatic carbocycles. The molecule has 0 N–H and O–H groups in total. The number of aryl methyl sites for hydroxylation is 1. The van der Waals surface area contributed by atoms with Crippen LogP contribution in [0.25, 0.3) is 0 Å². The summed E-state index contributed by atoms with van der Waals surface area (Å²) in [5.74, 6) is -0.242. The molecule has 0 spiro atoms. The number of halogens is 3. The molecular formula is C16H18F3N3O. The normalized spacial score (nSPS) is 11.7. The maximum atomic E-state index is 13.3. The highest BCUT2D eigenvalue weighted by molar-refractivity contribution is 5.63. The van der Waals surface area contributed by atoms with Crippen molar-refractivity contribution in [3.63, 3.8) is 0 Å². The molecule has 1 heterocycles. The van der Waals surface area contributed by atoms with E-state index in [0.717, 1.165) is 11.8 Å². The van der Waals surface area contributed by atoms with Crippen molar-refractivity contribution in [2.24, 2.45) is 0 Å². The Morgan fingerprint density at radius 2 is 1.91 bits per heavy atom. The Morgan fingerprint density at radius 3 is 2.48 bits per heavy atom. The topological polar surface area (TPSA) is 38.2 Å². The lowest BCUT2D eigenvalue weighted by atomic mass is 10.2. The number of hydrogen-bond acceptors (Lipinski definition) is 4. The number of hydrogen-bond donors (Lipinski definition) is 0. The van der Waals surface area contributed by atoms with Crippen LogP contribution in [0.4, 0.5) is 24.7 Å². The molecule has 0 atom stereocenters. The van der Waals surface area contributed by atoms with Crippen molar-refractivity contribution in [2.75, 3.05) is 11.9 Å². The van der Waals surface area contributed by atoms with Crippen LogP contribution in [0.3, 0.4) is 0 Å². The fraction of sp³-hybridized carbons (Fsp3) is 0.375. The summed E-state index contributed by atoms with van der Waals surface area (Å²) in [5.41, 5.74) is 0.637. The minimum absolute atomic E-state index is 0.0810. The fourth-order valence-electron chi connectivity index (χ4n) is 2.04. The van der Waals surface area contributed by atoms with Crippen LogP contribution in [-0.4, -0.2) is 23.1 Å². The molecule has 0 aliphatic heterocycles. The predicted octanol–water partition coefficient (Wildman–Crippen LogP) is 4.36. The van der Waals surface area contributed by atoms with E-state index >= 15 is 0 Å². The fourth-order valence-corrected chi connectivity index (χ4v) is 2.04. The SMILES string of the molecule is Cc1cccc(N(C)c2nc(OC(C)C)ncc2C(F)(F)F)c1. The average molecular weight is 325 g/mol. The van der Waals surface area contributed by atoms with E-state index in [9.17, 15) is 13.2 Å². The third kappa shape index (κ3) is 4.12. The van der Waals surface area contributed by atoms with Crippen molar-refractivity contribution in [3.8, 4) is 6.01 Å². The first kappa shape index (κ1) is 17.1. The number of benzene rings is 1. The molecule has 7 heteroatoms. The second-order valence-corrected chi connectivity index (χ2v) is 5.45. The lowest BCUT2D eigenvalue weighted by Gasteiger charge is -2.23. The molecule has 0 fully saturated rings. The second-order valence-electron chi connectivity index (χ2n) is 5.45. The van der Waals surface area contributed by atoms with Crippen molar-refractivity contribution in [1.82, 2.24) is 9.97 Å². The van der Waals surface area contributed by atoms with Crippen LogP contribution in [0, 0.1) is 6.92 Å². The van der Waals surface area contributed by atoms with E-state index in [1.807, 2.05) is 13.0 Å². The molecule has 0 amide bonds. The van der Waals surface area contributed by atoms with Gasteiger partial charge in [-0.1, -0.05) is 12.1 Å². The van der Waals surface area contributed by atoms with Gasteiger partial charge in [0.05, 0.1) is 6.10 Å². The third-order valence-corrected chi connectivity index (χ3v) is 3.10. The molecule has 124 valence electrons. The predicted molar refractivity (Wildman–Crippen MR) is 82.0 cm³/mol. The summed E-state index contributed by atoms with van der Waals surface area (Å²) in [6, 6.07) is 7.07. The number of nitrogens with zero attached hydrogens (tertiary/aromatic N) is 3. The molecule has 23 heavy (non-hydrogen) atoms. The van der Waals surface area contributed by atoms with Gasteiger partial charge < -0.3 is 9.64 Å². The van der Waals surface area contributed by atoms with E-state index in [1.165, 1.54) is 11.9 Å². The molecule has 1 aromatic heterocycles. The van der Waals surface area contributed by atoms with E-state index in [-0.39, 0.29) is 17.9 Å². The van der Waals surface area contributed by atoms with Crippen LogP contribution < -0.4 is 9.64 Å². The minimum atomic E-state index is -4.55. The number of aromatic nitrogens is 2. The monoisotopic (exact) mass is 325 g/mol. The van der Waals surface area contributed by atoms with Crippen LogP contribution in [0.2, 0.25) is 0 Å². The maximum Gasteiger partial charge on any atom is 0.421 e. The molecule has 0 aliphatic rings. The number of anilines is 2. The minimum Gasteiger partial charge on any atom is -0.461 e. The van der Waals surface area contributed by atoms with Gasteiger partial charge in [-0.25, -0.2) is 4.98 Å². The molecule has 0 radical (unpaired) electrons. The molecule has 4 nitrogen and oxygen atoms in total. The van der Waals surface area contributed by atoms with Gasteiger partial charge in [0.1, 0.15) is 5.56 Å². The summed E-state index contributed by atoms with van der Waals surface area (Å²) in [4.78, 5) is 9.00. The standard InChI is InChI=1S/C16H18F3N3O/c1-10(2)23-15-20-9-13(16(17,18)19)14(21-15)22(4)12-7-5-6-11(3)8-12/h5-10H,1-4H3. The summed E-state index contributed by atoms with van der Waals surface area (Å²) >= 11 is 0. The first-order chi connectivity index (χ1) is 10.7. The number of alkyl halides is 3. The Bertz CT molecular complexity index is 687. The Hall–Kier alpha value is -2.31. The van der Waals surface area contributed by atoms with Gasteiger partial charge in [-0.05, 0) is 38.5 Å². The van der Waals surface area contributed by atoms with Crippen LogP contribution in [0.5, 0.6) is 6.01 Å². The van der Waals surface area contributed by atoms with Crippen LogP contribution in [-0.2, 0) is 6.18 Å². The van der Waals surface area contributed by atoms with E-state index in [4.69, 9.17) is 4.74 Å². The zero-order valence-corrected chi connectivity index (χ0v) is 13.3. The average Bonchev–Trinajstić information content (AvgIpc) is 2.44. The van der Waals surface area contributed by atoms with E-state index in [2.05, 4.69) is 9.97 Å². The van der Waals surface area contributed by atoms with Crippen molar-refractivity contribution in [2.45, 2.75) is 33.1 Å². The molecule has 0 unspecified atom stereocenters. The summed E-state index contributed by atoms with van der Waals surface area (Å²) < 4.78 is 45.1. The largest absolute Gasteiger partial charge is 0.461 e. The smallest absolute Gasteiger partial charge is 0.421 e. The summed E-state index contributed by atoms with van der Waals surface area (Å²) in [5, 5.41) is 0. The Kier molecular flexibility index (Phi) is 4.77. The number of ether oxygens (including phenoxy) is 1. The van der Waals surface area contributed by atoms with Gasteiger partial charge in [0, 0.05) is 18.9 Å². The third-order valence-electron chi connectivity index (χ3n) is 3.10. The maximum absolute atomic E-state index is 13.3. The van der Waals surface area contributed by atoms with Gasteiger partial charge in [0.25, 0.3) is 0 Å². The first-order valence-electron chi connectivity index (χ1n) is 7.09. The van der Waals surface area contributed by atoms with Crippen molar-refractivity contribution in [3.05, 3.63) is 41.6 Å².